The van der Waals surface area contributed by atoms with E-state index in [1.807, 2.05) is 6.92 Å². The minimum absolute atomic E-state index is 0.0544. The van der Waals surface area contributed by atoms with Crippen LogP contribution in [0.25, 0.3) is 11.0 Å². The van der Waals surface area contributed by atoms with Crippen LogP contribution in [0.15, 0.2) is 42.6 Å². The molecule has 154 valence electrons. The molecule has 0 radical (unpaired) electrons. The molecule has 0 aliphatic heterocycles. The zero-order chi connectivity index (χ0) is 21.3. The SMILES string of the molecule is CCC#CCCCCOc1cccc(NC(=O)c2nc3cccnc3cc2C)c1F. The van der Waals surface area contributed by atoms with Gasteiger partial charge in [0.1, 0.15) is 5.69 Å². The number of ether oxygens (including phenoxy) is 1. The Labute approximate surface area is 175 Å². The zero-order valence-electron chi connectivity index (χ0n) is 17.2. The smallest absolute Gasteiger partial charge is 0.274 e. The molecule has 1 amide bonds. The number of aryl methyl sites for hydroxylation is 1. The number of halogens is 1. The first-order valence-corrected chi connectivity index (χ1v) is 10.0. The number of anilines is 1. The van der Waals surface area contributed by atoms with Crippen molar-refractivity contribution in [3.63, 3.8) is 0 Å². The van der Waals surface area contributed by atoms with Crippen molar-refractivity contribution in [2.75, 3.05) is 11.9 Å². The normalized spacial score (nSPS) is 10.4. The minimum Gasteiger partial charge on any atom is -0.490 e. The highest BCUT2D eigenvalue weighted by Gasteiger charge is 2.16. The van der Waals surface area contributed by atoms with Gasteiger partial charge in [0.25, 0.3) is 5.91 Å². The van der Waals surface area contributed by atoms with Crippen molar-refractivity contribution >= 4 is 22.6 Å². The number of fused-ring (bicyclic) bond motifs is 1. The van der Waals surface area contributed by atoms with E-state index in [0.717, 1.165) is 25.7 Å². The van der Waals surface area contributed by atoms with Gasteiger partial charge >= 0.3 is 0 Å². The van der Waals surface area contributed by atoms with Gasteiger partial charge in [-0.1, -0.05) is 13.0 Å². The van der Waals surface area contributed by atoms with Crippen molar-refractivity contribution in [1.82, 2.24) is 9.97 Å². The van der Waals surface area contributed by atoms with Crippen LogP contribution in [0.4, 0.5) is 10.1 Å². The summed E-state index contributed by atoms with van der Waals surface area (Å²) in [6.07, 6.45) is 5.01. The molecule has 0 saturated carbocycles. The molecule has 0 aliphatic carbocycles. The maximum absolute atomic E-state index is 14.8. The number of unbranched alkanes of at least 4 members (excludes halogenated alkanes) is 2. The second-order valence-electron chi connectivity index (χ2n) is 6.78. The fourth-order valence-electron chi connectivity index (χ4n) is 2.94. The molecule has 0 bridgehead atoms. The molecule has 3 aromatic rings. The Bertz CT molecular complexity index is 1100. The summed E-state index contributed by atoms with van der Waals surface area (Å²) in [4.78, 5) is 21.3. The maximum Gasteiger partial charge on any atom is 0.274 e. The molecular formula is C24H24FN3O2. The van der Waals surface area contributed by atoms with Crippen LogP contribution in [0.1, 0.15) is 48.7 Å². The van der Waals surface area contributed by atoms with Crippen molar-refractivity contribution in [2.24, 2.45) is 0 Å². The number of carbonyl (C=O) groups excluding carboxylic acids is 1. The predicted octanol–water partition coefficient (Wildman–Crippen LogP) is 5.29. The van der Waals surface area contributed by atoms with Crippen LogP contribution >= 0.6 is 0 Å². The average Bonchev–Trinajstić information content (AvgIpc) is 2.75. The topological polar surface area (TPSA) is 64.1 Å². The van der Waals surface area contributed by atoms with Gasteiger partial charge < -0.3 is 10.1 Å². The number of pyridine rings is 2. The lowest BCUT2D eigenvalue weighted by molar-refractivity contribution is 0.102. The van der Waals surface area contributed by atoms with Gasteiger partial charge in [0.05, 0.1) is 23.3 Å². The predicted molar refractivity (Wildman–Crippen MR) is 116 cm³/mol. The van der Waals surface area contributed by atoms with Gasteiger partial charge in [0.2, 0.25) is 0 Å². The van der Waals surface area contributed by atoms with Crippen LogP contribution < -0.4 is 10.1 Å². The highest BCUT2D eigenvalue weighted by atomic mass is 19.1. The van der Waals surface area contributed by atoms with Crippen LogP contribution in [-0.2, 0) is 0 Å². The molecule has 0 spiro atoms. The molecular weight excluding hydrogens is 381 g/mol. The Balaban J connectivity index is 1.66. The van der Waals surface area contributed by atoms with Crippen molar-refractivity contribution in [2.45, 2.75) is 39.5 Å². The van der Waals surface area contributed by atoms with E-state index >= 15 is 0 Å². The third-order valence-electron chi connectivity index (χ3n) is 4.46. The molecule has 6 heteroatoms. The van der Waals surface area contributed by atoms with Crippen molar-refractivity contribution in [3.05, 3.63) is 59.7 Å². The molecule has 0 unspecified atom stereocenters. The van der Waals surface area contributed by atoms with Gasteiger partial charge in [-0.15, -0.1) is 11.8 Å². The number of hydrogen-bond donors (Lipinski definition) is 1. The van der Waals surface area contributed by atoms with E-state index in [-0.39, 0.29) is 17.1 Å². The van der Waals surface area contributed by atoms with E-state index in [0.29, 0.717) is 23.2 Å². The first-order valence-electron chi connectivity index (χ1n) is 10.0. The summed E-state index contributed by atoms with van der Waals surface area (Å²) in [6.45, 7) is 4.18. The first kappa shape index (κ1) is 21.3. The first-order chi connectivity index (χ1) is 14.6. The third kappa shape index (κ3) is 5.32. The second kappa shape index (κ2) is 10.4. The lowest BCUT2D eigenvalue weighted by Crippen LogP contribution is -2.16. The molecule has 0 saturated heterocycles. The van der Waals surface area contributed by atoms with Crippen LogP contribution in [0, 0.1) is 24.6 Å². The lowest BCUT2D eigenvalue weighted by atomic mass is 10.1. The summed E-state index contributed by atoms with van der Waals surface area (Å²) in [6, 6.07) is 10.0. The Kier molecular flexibility index (Phi) is 7.34. The van der Waals surface area contributed by atoms with E-state index in [1.54, 1.807) is 43.5 Å². The molecule has 2 heterocycles. The molecule has 5 nitrogen and oxygen atoms in total. The molecule has 1 aromatic carbocycles. The summed E-state index contributed by atoms with van der Waals surface area (Å²) in [5.41, 5.74) is 2.26. The fourth-order valence-corrected chi connectivity index (χ4v) is 2.94. The van der Waals surface area contributed by atoms with Gasteiger partial charge in [-0.25, -0.2) is 9.37 Å². The zero-order valence-corrected chi connectivity index (χ0v) is 17.2. The van der Waals surface area contributed by atoms with E-state index in [4.69, 9.17) is 4.74 Å². The largest absolute Gasteiger partial charge is 0.490 e. The summed E-state index contributed by atoms with van der Waals surface area (Å²) < 4.78 is 20.3. The van der Waals surface area contributed by atoms with Crippen LogP contribution in [-0.4, -0.2) is 22.5 Å². The van der Waals surface area contributed by atoms with Gasteiger partial charge in [0.15, 0.2) is 11.6 Å². The van der Waals surface area contributed by atoms with Gasteiger partial charge in [0, 0.05) is 19.0 Å². The van der Waals surface area contributed by atoms with Crippen LogP contribution in [0.2, 0.25) is 0 Å². The quantitative estimate of drug-likeness (QED) is 0.428. The Morgan fingerprint density at radius 1 is 1.17 bits per heavy atom. The minimum atomic E-state index is -0.600. The van der Waals surface area contributed by atoms with Gasteiger partial charge in [-0.05, 0) is 55.7 Å². The van der Waals surface area contributed by atoms with Crippen molar-refractivity contribution in [1.29, 1.82) is 0 Å². The summed E-state index contributed by atoms with van der Waals surface area (Å²) >= 11 is 0. The molecule has 0 fully saturated rings. The standard InChI is InChI=1S/C24H24FN3O2/c1-3-4-5-6-7-8-15-30-21-13-9-11-19(22(21)25)28-24(29)23-17(2)16-20-18(27-23)12-10-14-26-20/h9-14,16H,3,6-8,15H2,1-2H3,(H,28,29). The maximum atomic E-state index is 14.8. The monoisotopic (exact) mass is 405 g/mol. The number of benzene rings is 1. The van der Waals surface area contributed by atoms with E-state index in [9.17, 15) is 9.18 Å². The number of hydrogen-bond acceptors (Lipinski definition) is 4. The molecule has 3 rings (SSSR count). The molecule has 1 N–H and O–H groups in total. The Morgan fingerprint density at radius 3 is 2.87 bits per heavy atom. The summed E-state index contributed by atoms with van der Waals surface area (Å²) in [5, 5.41) is 2.60. The Hall–Kier alpha value is -3.46. The fraction of sp³-hybridized carbons (Fsp3) is 0.292. The summed E-state index contributed by atoms with van der Waals surface area (Å²) in [5.74, 6) is 5.12. The number of nitrogens with one attached hydrogen (secondary N) is 1. The average molecular weight is 405 g/mol. The van der Waals surface area contributed by atoms with Gasteiger partial charge in [-0.3, -0.25) is 9.78 Å². The van der Waals surface area contributed by atoms with Crippen molar-refractivity contribution in [3.8, 4) is 17.6 Å². The number of aromatic nitrogens is 2. The number of rotatable bonds is 7. The number of nitrogens with zero attached hydrogens (tertiary/aromatic N) is 2. The summed E-state index contributed by atoms with van der Waals surface area (Å²) in [7, 11) is 0. The highest BCUT2D eigenvalue weighted by Crippen LogP contribution is 2.25. The Morgan fingerprint density at radius 2 is 2.03 bits per heavy atom. The van der Waals surface area contributed by atoms with Crippen molar-refractivity contribution < 1.29 is 13.9 Å². The van der Waals surface area contributed by atoms with E-state index in [2.05, 4.69) is 27.1 Å². The van der Waals surface area contributed by atoms with E-state index in [1.165, 1.54) is 6.07 Å². The third-order valence-corrected chi connectivity index (χ3v) is 4.46. The molecule has 2 aromatic heterocycles. The highest BCUT2D eigenvalue weighted by molar-refractivity contribution is 6.05. The van der Waals surface area contributed by atoms with Crippen LogP contribution in [0.3, 0.4) is 0 Å². The number of carbonyl (C=O) groups is 1. The molecule has 30 heavy (non-hydrogen) atoms. The molecule has 0 atom stereocenters. The number of amides is 1. The van der Waals surface area contributed by atoms with Gasteiger partial charge in [-0.2, -0.15) is 0 Å². The van der Waals surface area contributed by atoms with E-state index < -0.39 is 11.7 Å². The second-order valence-corrected chi connectivity index (χ2v) is 6.78. The lowest BCUT2D eigenvalue weighted by Gasteiger charge is -2.12. The van der Waals surface area contributed by atoms with Crippen LogP contribution in [0.5, 0.6) is 5.75 Å². The molecule has 0 aliphatic rings.